The zero-order chi connectivity index (χ0) is 14.6. The molecule has 2 rings (SSSR count). The number of hydrogen-bond donors (Lipinski definition) is 1. The van der Waals surface area contributed by atoms with Gasteiger partial charge in [0, 0.05) is 32.2 Å². The van der Waals surface area contributed by atoms with Crippen molar-refractivity contribution in [2.24, 2.45) is 0 Å². The van der Waals surface area contributed by atoms with Crippen LogP contribution in [0.25, 0.3) is 0 Å². The van der Waals surface area contributed by atoms with Crippen LogP contribution in [0.3, 0.4) is 0 Å². The van der Waals surface area contributed by atoms with Crippen LogP contribution in [0.5, 0.6) is 0 Å². The standard InChI is InChI=1S/C14H16F3N3/c15-14(16,17)12-3-1-11(2-4-12)13(5-6-18)20-9-7-19-8-10-20/h1-4,13,19H,5,7-10H2/t13-/m0/s1. The molecule has 1 fully saturated rings. The van der Waals surface area contributed by atoms with Gasteiger partial charge < -0.3 is 5.32 Å². The number of halogens is 3. The Balaban J connectivity index is 2.19. The molecule has 3 nitrogen and oxygen atoms in total. The minimum absolute atomic E-state index is 0.135. The van der Waals surface area contributed by atoms with Crippen LogP contribution in [0, 0.1) is 11.3 Å². The Bertz CT molecular complexity index is 470. The molecule has 1 N–H and O–H groups in total. The molecule has 1 atom stereocenters. The molecule has 0 aromatic heterocycles. The average molecular weight is 283 g/mol. The van der Waals surface area contributed by atoms with Gasteiger partial charge in [0.05, 0.1) is 18.1 Å². The van der Waals surface area contributed by atoms with E-state index >= 15 is 0 Å². The van der Waals surface area contributed by atoms with Crippen molar-refractivity contribution in [3.63, 3.8) is 0 Å². The van der Waals surface area contributed by atoms with Gasteiger partial charge in [0.15, 0.2) is 0 Å². The minimum Gasteiger partial charge on any atom is -0.314 e. The first-order valence-electron chi connectivity index (χ1n) is 6.51. The summed E-state index contributed by atoms with van der Waals surface area (Å²) in [5.41, 5.74) is 0.110. The Morgan fingerprint density at radius 1 is 1.20 bits per heavy atom. The van der Waals surface area contributed by atoms with E-state index < -0.39 is 11.7 Å². The third kappa shape index (κ3) is 3.50. The number of nitrogens with zero attached hydrogens (tertiary/aromatic N) is 2. The number of nitrogens with one attached hydrogen (secondary N) is 1. The predicted octanol–water partition coefficient (Wildman–Crippen LogP) is 2.57. The van der Waals surface area contributed by atoms with E-state index in [-0.39, 0.29) is 12.5 Å². The van der Waals surface area contributed by atoms with E-state index in [1.54, 1.807) is 0 Å². The molecular formula is C14H16F3N3. The fourth-order valence-electron chi connectivity index (χ4n) is 2.43. The SMILES string of the molecule is N#CC[C@@H](c1ccc(C(F)(F)F)cc1)N1CCNCC1. The largest absolute Gasteiger partial charge is 0.416 e. The highest BCUT2D eigenvalue weighted by atomic mass is 19.4. The first kappa shape index (κ1) is 14.8. The molecule has 6 heteroatoms. The highest BCUT2D eigenvalue weighted by molar-refractivity contribution is 5.27. The van der Waals surface area contributed by atoms with Crippen LogP contribution in [-0.2, 0) is 6.18 Å². The molecule has 0 amide bonds. The molecule has 0 bridgehead atoms. The van der Waals surface area contributed by atoms with Crippen molar-refractivity contribution in [2.45, 2.75) is 18.6 Å². The number of alkyl halides is 3. The smallest absolute Gasteiger partial charge is 0.314 e. The Morgan fingerprint density at radius 2 is 1.80 bits per heavy atom. The summed E-state index contributed by atoms with van der Waals surface area (Å²) >= 11 is 0. The van der Waals surface area contributed by atoms with Crippen molar-refractivity contribution < 1.29 is 13.2 Å². The number of nitriles is 1. The summed E-state index contributed by atoms with van der Waals surface area (Å²) in [6.07, 6.45) is -4.04. The van der Waals surface area contributed by atoms with Crippen LogP contribution in [0.4, 0.5) is 13.2 Å². The fourth-order valence-corrected chi connectivity index (χ4v) is 2.43. The van der Waals surface area contributed by atoms with Gasteiger partial charge in [0.1, 0.15) is 0 Å². The van der Waals surface area contributed by atoms with Crippen LogP contribution in [0.15, 0.2) is 24.3 Å². The molecule has 0 unspecified atom stereocenters. The average Bonchev–Trinajstić information content (AvgIpc) is 2.45. The maximum atomic E-state index is 12.6. The summed E-state index contributed by atoms with van der Waals surface area (Å²) < 4.78 is 37.7. The van der Waals surface area contributed by atoms with Crippen molar-refractivity contribution in [3.8, 4) is 6.07 Å². The predicted molar refractivity (Wildman–Crippen MR) is 68.9 cm³/mol. The Hall–Kier alpha value is -1.58. The second kappa shape index (κ2) is 6.25. The summed E-state index contributed by atoms with van der Waals surface area (Å²) in [5, 5.41) is 12.2. The molecule has 108 valence electrons. The quantitative estimate of drug-likeness (QED) is 0.926. The van der Waals surface area contributed by atoms with Crippen LogP contribution in [-0.4, -0.2) is 31.1 Å². The normalized spacial score (nSPS) is 18.5. The van der Waals surface area contributed by atoms with Gasteiger partial charge in [-0.1, -0.05) is 12.1 Å². The van der Waals surface area contributed by atoms with Crippen molar-refractivity contribution in [3.05, 3.63) is 35.4 Å². The molecular weight excluding hydrogens is 267 g/mol. The second-order valence-corrected chi connectivity index (χ2v) is 4.78. The molecule has 20 heavy (non-hydrogen) atoms. The topological polar surface area (TPSA) is 39.1 Å². The molecule has 1 heterocycles. The van der Waals surface area contributed by atoms with Crippen LogP contribution >= 0.6 is 0 Å². The van der Waals surface area contributed by atoms with Crippen LogP contribution in [0.1, 0.15) is 23.6 Å². The first-order valence-corrected chi connectivity index (χ1v) is 6.51. The molecule has 0 aliphatic carbocycles. The maximum Gasteiger partial charge on any atom is 0.416 e. The molecule has 0 radical (unpaired) electrons. The van der Waals surface area contributed by atoms with E-state index in [2.05, 4.69) is 16.3 Å². The van der Waals surface area contributed by atoms with Gasteiger partial charge >= 0.3 is 6.18 Å². The van der Waals surface area contributed by atoms with Gasteiger partial charge in [0.2, 0.25) is 0 Å². The first-order chi connectivity index (χ1) is 9.52. The van der Waals surface area contributed by atoms with E-state index in [1.807, 2.05) is 0 Å². The van der Waals surface area contributed by atoms with E-state index in [1.165, 1.54) is 12.1 Å². The number of piperazine rings is 1. The van der Waals surface area contributed by atoms with Gasteiger partial charge in [-0.3, -0.25) is 4.90 Å². The summed E-state index contributed by atoms with van der Waals surface area (Å²) in [6.45, 7) is 3.27. The van der Waals surface area contributed by atoms with E-state index in [4.69, 9.17) is 5.26 Å². The lowest BCUT2D eigenvalue weighted by Gasteiger charge is -2.34. The van der Waals surface area contributed by atoms with Crippen molar-refractivity contribution in [1.29, 1.82) is 5.26 Å². The lowest BCUT2D eigenvalue weighted by Crippen LogP contribution is -2.45. The highest BCUT2D eigenvalue weighted by Crippen LogP contribution is 2.31. The summed E-state index contributed by atoms with van der Waals surface area (Å²) in [6, 6.07) is 7.12. The lowest BCUT2D eigenvalue weighted by molar-refractivity contribution is -0.137. The van der Waals surface area contributed by atoms with Crippen LogP contribution in [0.2, 0.25) is 0 Å². The Kier molecular flexibility index (Phi) is 4.63. The summed E-state index contributed by atoms with van der Waals surface area (Å²) in [4.78, 5) is 2.14. The zero-order valence-electron chi connectivity index (χ0n) is 11.0. The van der Waals surface area contributed by atoms with E-state index in [9.17, 15) is 13.2 Å². The number of hydrogen-bond acceptors (Lipinski definition) is 3. The van der Waals surface area contributed by atoms with E-state index in [0.29, 0.717) is 0 Å². The molecule has 1 aromatic rings. The van der Waals surface area contributed by atoms with Gasteiger partial charge in [-0.05, 0) is 17.7 Å². The fraction of sp³-hybridized carbons (Fsp3) is 0.500. The van der Waals surface area contributed by atoms with Gasteiger partial charge in [-0.25, -0.2) is 0 Å². The minimum atomic E-state index is -4.32. The monoisotopic (exact) mass is 283 g/mol. The van der Waals surface area contributed by atoms with Gasteiger partial charge in [-0.2, -0.15) is 18.4 Å². The third-order valence-electron chi connectivity index (χ3n) is 3.50. The van der Waals surface area contributed by atoms with E-state index in [0.717, 1.165) is 43.9 Å². The van der Waals surface area contributed by atoms with Gasteiger partial charge in [-0.15, -0.1) is 0 Å². The Labute approximate surface area is 116 Å². The molecule has 1 aliphatic rings. The molecule has 1 saturated heterocycles. The maximum absolute atomic E-state index is 12.6. The number of benzene rings is 1. The zero-order valence-corrected chi connectivity index (χ0v) is 11.0. The van der Waals surface area contributed by atoms with Crippen LogP contribution < -0.4 is 5.32 Å². The highest BCUT2D eigenvalue weighted by Gasteiger charge is 2.30. The molecule has 0 spiro atoms. The lowest BCUT2D eigenvalue weighted by atomic mass is 10.00. The van der Waals surface area contributed by atoms with Crippen molar-refractivity contribution in [1.82, 2.24) is 10.2 Å². The Morgan fingerprint density at radius 3 is 2.30 bits per heavy atom. The van der Waals surface area contributed by atoms with Gasteiger partial charge in [0.25, 0.3) is 0 Å². The number of rotatable bonds is 3. The summed E-state index contributed by atoms with van der Waals surface area (Å²) in [7, 11) is 0. The third-order valence-corrected chi connectivity index (χ3v) is 3.50. The molecule has 1 aliphatic heterocycles. The van der Waals surface area contributed by atoms with Crippen molar-refractivity contribution in [2.75, 3.05) is 26.2 Å². The van der Waals surface area contributed by atoms with Crippen molar-refractivity contribution >= 4 is 0 Å². The molecule has 1 aromatic carbocycles. The second-order valence-electron chi connectivity index (χ2n) is 4.78. The molecule has 0 saturated carbocycles. The summed E-state index contributed by atoms with van der Waals surface area (Å²) in [5.74, 6) is 0.